The number of rotatable bonds is 4. The second-order valence-corrected chi connectivity index (χ2v) is 6.56. The minimum absolute atomic E-state index is 0.120. The summed E-state index contributed by atoms with van der Waals surface area (Å²) in [5.74, 6) is 0. The van der Waals surface area contributed by atoms with Crippen molar-refractivity contribution in [2.45, 2.75) is 11.8 Å². The normalized spacial score (nSPS) is 11.8. The molecule has 5 nitrogen and oxygen atoms in total. The standard InChI is InChI=1S/C16H18N2O3S/c1-12-4-7-14(10-16(12)22(19,20)21)17-11-13-5-8-15(9-6-13)18(2)3/h4-11H,1-3H3,(H,19,20,21). The number of anilines is 1. The van der Waals surface area contributed by atoms with Gasteiger partial charge in [0.1, 0.15) is 0 Å². The molecule has 0 saturated carbocycles. The summed E-state index contributed by atoms with van der Waals surface area (Å²) in [4.78, 5) is 6.13. The Morgan fingerprint density at radius 2 is 1.73 bits per heavy atom. The van der Waals surface area contributed by atoms with Gasteiger partial charge in [-0.25, -0.2) is 0 Å². The van der Waals surface area contributed by atoms with E-state index in [2.05, 4.69) is 4.99 Å². The Kier molecular flexibility index (Phi) is 4.63. The van der Waals surface area contributed by atoms with E-state index >= 15 is 0 Å². The van der Waals surface area contributed by atoms with Crippen molar-refractivity contribution >= 4 is 27.7 Å². The zero-order chi connectivity index (χ0) is 16.3. The van der Waals surface area contributed by atoms with E-state index in [1.807, 2.05) is 43.3 Å². The van der Waals surface area contributed by atoms with Crippen LogP contribution in [0.4, 0.5) is 11.4 Å². The van der Waals surface area contributed by atoms with E-state index in [0.29, 0.717) is 11.3 Å². The molecule has 0 amide bonds. The highest BCUT2D eigenvalue weighted by atomic mass is 32.2. The summed E-state index contributed by atoms with van der Waals surface area (Å²) in [5.41, 5.74) is 2.94. The molecule has 0 aliphatic rings. The molecular formula is C16H18N2O3S. The molecule has 0 aromatic heterocycles. The quantitative estimate of drug-likeness (QED) is 0.695. The van der Waals surface area contributed by atoms with E-state index in [1.165, 1.54) is 6.07 Å². The molecule has 0 unspecified atom stereocenters. The average molecular weight is 318 g/mol. The van der Waals surface area contributed by atoms with Crippen LogP contribution in [0.25, 0.3) is 0 Å². The van der Waals surface area contributed by atoms with Gasteiger partial charge in [-0.1, -0.05) is 18.2 Å². The number of nitrogens with zero attached hydrogens (tertiary/aromatic N) is 2. The molecule has 22 heavy (non-hydrogen) atoms. The summed E-state index contributed by atoms with van der Waals surface area (Å²) < 4.78 is 31.7. The maximum absolute atomic E-state index is 11.3. The molecule has 2 rings (SSSR count). The van der Waals surface area contributed by atoms with Crippen LogP contribution < -0.4 is 4.90 Å². The molecule has 1 N–H and O–H groups in total. The first kappa shape index (κ1) is 16.2. The summed E-state index contributed by atoms with van der Waals surface area (Å²) in [7, 11) is -0.304. The summed E-state index contributed by atoms with van der Waals surface area (Å²) in [6.07, 6.45) is 1.65. The van der Waals surface area contributed by atoms with Crippen LogP contribution in [-0.2, 0) is 10.1 Å². The van der Waals surface area contributed by atoms with Crippen LogP contribution in [-0.4, -0.2) is 33.3 Å². The van der Waals surface area contributed by atoms with Crippen molar-refractivity contribution in [2.75, 3.05) is 19.0 Å². The minimum atomic E-state index is -4.23. The van der Waals surface area contributed by atoms with E-state index in [4.69, 9.17) is 0 Å². The van der Waals surface area contributed by atoms with E-state index in [-0.39, 0.29) is 4.90 Å². The van der Waals surface area contributed by atoms with Gasteiger partial charge in [0.05, 0.1) is 10.6 Å². The van der Waals surface area contributed by atoms with Gasteiger partial charge in [-0.2, -0.15) is 8.42 Å². The van der Waals surface area contributed by atoms with Crippen LogP contribution in [0.3, 0.4) is 0 Å². The van der Waals surface area contributed by atoms with Gasteiger partial charge >= 0.3 is 0 Å². The summed E-state index contributed by atoms with van der Waals surface area (Å²) >= 11 is 0. The van der Waals surface area contributed by atoms with Gasteiger partial charge in [0.25, 0.3) is 10.1 Å². The first-order chi connectivity index (χ1) is 10.3. The predicted molar refractivity (Wildman–Crippen MR) is 89.0 cm³/mol. The van der Waals surface area contributed by atoms with Gasteiger partial charge in [-0.05, 0) is 42.3 Å². The maximum Gasteiger partial charge on any atom is 0.294 e. The number of aliphatic imine (C=N–C) groups is 1. The molecule has 6 heteroatoms. The molecule has 0 radical (unpaired) electrons. The zero-order valence-corrected chi connectivity index (χ0v) is 13.5. The second-order valence-electron chi connectivity index (χ2n) is 5.17. The monoisotopic (exact) mass is 318 g/mol. The third kappa shape index (κ3) is 3.93. The van der Waals surface area contributed by atoms with Crippen molar-refractivity contribution in [3.8, 4) is 0 Å². The van der Waals surface area contributed by atoms with Crippen molar-refractivity contribution in [3.63, 3.8) is 0 Å². The highest BCUT2D eigenvalue weighted by molar-refractivity contribution is 7.85. The van der Waals surface area contributed by atoms with E-state index in [9.17, 15) is 13.0 Å². The molecule has 2 aromatic rings. The van der Waals surface area contributed by atoms with E-state index in [1.54, 1.807) is 25.3 Å². The molecule has 116 valence electrons. The smallest absolute Gasteiger partial charge is 0.294 e. The van der Waals surface area contributed by atoms with E-state index < -0.39 is 10.1 Å². The molecule has 0 spiro atoms. The number of hydrogen-bond acceptors (Lipinski definition) is 4. The molecule has 0 aliphatic heterocycles. The van der Waals surface area contributed by atoms with Crippen molar-refractivity contribution < 1.29 is 13.0 Å². The third-order valence-corrected chi connectivity index (χ3v) is 4.22. The molecule has 0 saturated heterocycles. The Morgan fingerprint density at radius 3 is 2.27 bits per heavy atom. The maximum atomic E-state index is 11.3. The van der Waals surface area contributed by atoms with Gasteiger partial charge in [0.2, 0.25) is 0 Å². The molecule has 0 bridgehead atoms. The van der Waals surface area contributed by atoms with Crippen molar-refractivity contribution in [1.29, 1.82) is 0 Å². The van der Waals surface area contributed by atoms with Crippen molar-refractivity contribution in [3.05, 3.63) is 53.6 Å². The Balaban J connectivity index is 2.27. The van der Waals surface area contributed by atoms with Crippen LogP contribution in [0.1, 0.15) is 11.1 Å². The molecule has 0 aliphatic carbocycles. The lowest BCUT2D eigenvalue weighted by atomic mass is 10.2. The SMILES string of the molecule is Cc1ccc(N=Cc2ccc(N(C)C)cc2)cc1S(=O)(=O)O. The van der Waals surface area contributed by atoms with Crippen LogP contribution >= 0.6 is 0 Å². The Bertz CT molecular complexity index is 795. The molecule has 2 aromatic carbocycles. The summed E-state index contributed by atoms with van der Waals surface area (Å²) in [6, 6.07) is 12.5. The predicted octanol–water partition coefficient (Wildman–Crippen LogP) is 3.06. The van der Waals surface area contributed by atoms with Gasteiger partial charge < -0.3 is 4.90 Å². The first-order valence-electron chi connectivity index (χ1n) is 6.67. The van der Waals surface area contributed by atoms with Crippen LogP contribution in [0.15, 0.2) is 52.4 Å². The summed E-state index contributed by atoms with van der Waals surface area (Å²) in [5, 5.41) is 0. The minimum Gasteiger partial charge on any atom is -0.378 e. The number of aryl methyl sites for hydroxylation is 1. The zero-order valence-electron chi connectivity index (χ0n) is 12.7. The Morgan fingerprint density at radius 1 is 1.09 bits per heavy atom. The fourth-order valence-electron chi connectivity index (χ4n) is 1.95. The van der Waals surface area contributed by atoms with E-state index in [0.717, 1.165) is 11.3 Å². The summed E-state index contributed by atoms with van der Waals surface area (Å²) in [6.45, 7) is 1.62. The van der Waals surface area contributed by atoms with Gasteiger partial charge in [0, 0.05) is 26.0 Å². The third-order valence-electron chi connectivity index (χ3n) is 3.22. The Hall–Kier alpha value is -2.18. The largest absolute Gasteiger partial charge is 0.378 e. The first-order valence-corrected chi connectivity index (χ1v) is 8.11. The molecule has 0 fully saturated rings. The fourth-order valence-corrected chi connectivity index (χ4v) is 2.70. The van der Waals surface area contributed by atoms with Crippen LogP contribution in [0.5, 0.6) is 0 Å². The van der Waals surface area contributed by atoms with Crippen molar-refractivity contribution in [2.24, 2.45) is 4.99 Å². The topological polar surface area (TPSA) is 70.0 Å². The average Bonchev–Trinajstić information content (AvgIpc) is 2.45. The molecule has 0 heterocycles. The van der Waals surface area contributed by atoms with Gasteiger partial charge in [-0.3, -0.25) is 9.55 Å². The van der Waals surface area contributed by atoms with Gasteiger partial charge in [-0.15, -0.1) is 0 Å². The molecular weight excluding hydrogens is 300 g/mol. The lowest BCUT2D eigenvalue weighted by molar-refractivity contribution is 0.482. The van der Waals surface area contributed by atoms with Gasteiger partial charge in [0.15, 0.2) is 0 Å². The number of benzene rings is 2. The number of hydrogen-bond donors (Lipinski definition) is 1. The van der Waals surface area contributed by atoms with Crippen LogP contribution in [0, 0.1) is 6.92 Å². The lowest BCUT2D eigenvalue weighted by Crippen LogP contribution is -2.08. The lowest BCUT2D eigenvalue weighted by Gasteiger charge is -2.11. The highest BCUT2D eigenvalue weighted by Crippen LogP contribution is 2.22. The van der Waals surface area contributed by atoms with Crippen molar-refractivity contribution in [1.82, 2.24) is 0 Å². The fraction of sp³-hybridized carbons (Fsp3) is 0.188. The van der Waals surface area contributed by atoms with Crippen LogP contribution in [0.2, 0.25) is 0 Å². The Labute approximate surface area is 130 Å². The second kappa shape index (κ2) is 6.29. The molecule has 0 atom stereocenters. The highest BCUT2D eigenvalue weighted by Gasteiger charge is 2.13.